The lowest BCUT2D eigenvalue weighted by molar-refractivity contribution is -0.383. The lowest BCUT2D eigenvalue weighted by Crippen LogP contribution is -2.22. The van der Waals surface area contributed by atoms with Crippen molar-refractivity contribution in [3.8, 4) is 0 Å². The van der Waals surface area contributed by atoms with Crippen LogP contribution in [0.15, 0.2) is 22.6 Å². The summed E-state index contributed by atoms with van der Waals surface area (Å²) in [6.45, 7) is 4.50. The minimum atomic E-state index is -0.461. The van der Waals surface area contributed by atoms with E-state index in [1.807, 2.05) is 0 Å². The highest BCUT2D eigenvalue weighted by Crippen LogP contribution is 2.26. The number of para-hydroxylation sites is 1. The predicted molar refractivity (Wildman–Crippen MR) is 72.3 cm³/mol. The standard InChI is InChI=1S/C12H16N4O3/c1-2-6-13-7-8-14-12-15-11-9(16(17)18)4-3-5-10(11)19-12/h3-5,13H,2,6-8H2,1H3,(H,14,15). The molecule has 2 aromatic rings. The quantitative estimate of drug-likeness (QED) is 0.452. The maximum atomic E-state index is 10.8. The van der Waals surface area contributed by atoms with E-state index in [0.29, 0.717) is 18.1 Å². The second kappa shape index (κ2) is 6.14. The third-order valence-electron chi connectivity index (χ3n) is 2.60. The highest BCUT2D eigenvalue weighted by molar-refractivity contribution is 5.83. The average Bonchev–Trinajstić information content (AvgIpc) is 2.80. The fourth-order valence-corrected chi connectivity index (χ4v) is 1.72. The molecule has 0 aliphatic rings. The van der Waals surface area contributed by atoms with Crippen LogP contribution in [0.25, 0.3) is 11.1 Å². The number of hydrogen-bond acceptors (Lipinski definition) is 6. The Balaban J connectivity index is 2.05. The molecule has 7 nitrogen and oxygen atoms in total. The number of nitro groups is 1. The molecule has 1 aromatic carbocycles. The van der Waals surface area contributed by atoms with Gasteiger partial charge in [-0.05, 0) is 19.0 Å². The molecule has 7 heteroatoms. The van der Waals surface area contributed by atoms with Gasteiger partial charge in [0.25, 0.3) is 11.7 Å². The summed E-state index contributed by atoms with van der Waals surface area (Å²) in [5, 5.41) is 17.1. The molecule has 2 rings (SSSR count). The molecule has 1 aromatic heterocycles. The molecule has 0 radical (unpaired) electrons. The van der Waals surface area contributed by atoms with Crippen LogP contribution in [-0.4, -0.2) is 29.5 Å². The van der Waals surface area contributed by atoms with E-state index in [2.05, 4.69) is 22.5 Å². The Bertz CT molecular complexity index is 567. The number of nitro benzene ring substituents is 1. The van der Waals surface area contributed by atoms with Gasteiger partial charge in [-0.2, -0.15) is 4.98 Å². The third kappa shape index (κ3) is 3.19. The van der Waals surface area contributed by atoms with Crippen molar-refractivity contribution in [2.24, 2.45) is 0 Å². The number of anilines is 1. The number of nitrogens with zero attached hydrogens (tertiary/aromatic N) is 2. The highest BCUT2D eigenvalue weighted by atomic mass is 16.6. The number of fused-ring (bicyclic) bond motifs is 1. The van der Waals surface area contributed by atoms with Crippen LogP contribution in [0.3, 0.4) is 0 Å². The number of rotatable bonds is 7. The summed E-state index contributed by atoms with van der Waals surface area (Å²) in [6, 6.07) is 4.97. The Kier molecular flexibility index (Phi) is 4.30. The molecule has 2 N–H and O–H groups in total. The van der Waals surface area contributed by atoms with Gasteiger partial charge in [-0.1, -0.05) is 13.0 Å². The van der Waals surface area contributed by atoms with Crippen LogP contribution in [0.4, 0.5) is 11.7 Å². The Morgan fingerprint density at radius 3 is 2.95 bits per heavy atom. The number of nitrogens with one attached hydrogen (secondary N) is 2. The van der Waals surface area contributed by atoms with Crippen molar-refractivity contribution < 1.29 is 9.34 Å². The summed E-state index contributed by atoms with van der Waals surface area (Å²) < 4.78 is 5.41. The molecular formula is C12H16N4O3. The van der Waals surface area contributed by atoms with E-state index in [-0.39, 0.29) is 11.2 Å². The van der Waals surface area contributed by atoms with Gasteiger partial charge in [-0.15, -0.1) is 0 Å². The minimum absolute atomic E-state index is 0.0431. The SMILES string of the molecule is CCCNCCNc1nc2c([N+](=O)[O-])cccc2o1. The molecule has 0 unspecified atom stereocenters. The van der Waals surface area contributed by atoms with E-state index in [1.165, 1.54) is 6.07 Å². The largest absolute Gasteiger partial charge is 0.423 e. The molecule has 0 saturated heterocycles. The van der Waals surface area contributed by atoms with Gasteiger partial charge in [0.05, 0.1) is 4.92 Å². The lowest BCUT2D eigenvalue weighted by Gasteiger charge is -2.02. The van der Waals surface area contributed by atoms with E-state index in [4.69, 9.17) is 4.42 Å². The molecule has 0 aliphatic carbocycles. The molecule has 0 aliphatic heterocycles. The summed E-state index contributed by atoms with van der Waals surface area (Å²) in [7, 11) is 0. The second-order valence-corrected chi connectivity index (χ2v) is 4.08. The van der Waals surface area contributed by atoms with Gasteiger partial charge in [0.2, 0.25) is 0 Å². The van der Waals surface area contributed by atoms with Crippen LogP contribution in [0.5, 0.6) is 0 Å². The molecule has 19 heavy (non-hydrogen) atoms. The van der Waals surface area contributed by atoms with Gasteiger partial charge >= 0.3 is 0 Å². The summed E-state index contributed by atoms with van der Waals surface area (Å²) in [6.07, 6.45) is 1.08. The number of aromatic nitrogens is 1. The number of non-ortho nitro benzene ring substituents is 1. The molecule has 0 atom stereocenters. The highest BCUT2D eigenvalue weighted by Gasteiger charge is 2.16. The van der Waals surface area contributed by atoms with Crippen molar-refractivity contribution in [2.45, 2.75) is 13.3 Å². The molecule has 0 fully saturated rings. The topological polar surface area (TPSA) is 93.2 Å². The monoisotopic (exact) mass is 264 g/mol. The Labute approximate surface area is 110 Å². The molecular weight excluding hydrogens is 248 g/mol. The van der Waals surface area contributed by atoms with E-state index < -0.39 is 4.92 Å². The molecule has 102 valence electrons. The summed E-state index contributed by atoms with van der Waals surface area (Å²) >= 11 is 0. The maximum Gasteiger partial charge on any atom is 0.298 e. The Morgan fingerprint density at radius 2 is 2.21 bits per heavy atom. The van der Waals surface area contributed by atoms with Crippen LogP contribution in [-0.2, 0) is 0 Å². The Hall–Kier alpha value is -2.15. The van der Waals surface area contributed by atoms with Crippen LogP contribution < -0.4 is 10.6 Å². The van der Waals surface area contributed by atoms with Gasteiger partial charge in [0.1, 0.15) is 0 Å². The number of oxazole rings is 1. The van der Waals surface area contributed by atoms with Gasteiger partial charge in [0, 0.05) is 19.2 Å². The zero-order valence-corrected chi connectivity index (χ0v) is 10.7. The van der Waals surface area contributed by atoms with Crippen LogP contribution in [0.1, 0.15) is 13.3 Å². The van der Waals surface area contributed by atoms with Crippen molar-refractivity contribution in [3.63, 3.8) is 0 Å². The van der Waals surface area contributed by atoms with Crippen LogP contribution in [0.2, 0.25) is 0 Å². The first-order chi connectivity index (χ1) is 9.22. The van der Waals surface area contributed by atoms with E-state index in [0.717, 1.165) is 19.5 Å². The maximum absolute atomic E-state index is 10.8. The van der Waals surface area contributed by atoms with Gasteiger partial charge in [-0.25, -0.2) is 0 Å². The fourth-order valence-electron chi connectivity index (χ4n) is 1.72. The second-order valence-electron chi connectivity index (χ2n) is 4.08. The number of hydrogen-bond donors (Lipinski definition) is 2. The van der Waals surface area contributed by atoms with Gasteiger partial charge < -0.3 is 15.1 Å². The first-order valence-corrected chi connectivity index (χ1v) is 6.21. The van der Waals surface area contributed by atoms with E-state index in [9.17, 15) is 10.1 Å². The first-order valence-electron chi connectivity index (χ1n) is 6.21. The van der Waals surface area contributed by atoms with Crippen molar-refractivity contribution in [1.82, 2.24) is 10.3 Å². The molecule has 0 amide bonds. The van der Waals surface area contributed by atoms with Crippen LogP contribution in [0, 0.1) is 10.1 Å². The zero-order chi connectivity index (χ0) is 13.7. The molecule has 0 bridgehead atoms. The normalized spacial score (nSPS) is 10.8. The summed E-state index contributed by atoms with van der Waals surface area (Å²) in [4.78, 5) is 14.5. The molecule has 0 saturated carbocycles. The first kappa shape index (κ1) is 13.3. The lowest BCUT2D eigenvalue weighted by atomic mass is 10.3. The molecule has 1 heterocycles. The van der Waals surface area contributed by atoms with E-state index in [1.54, 1.807) is 12.1 Å². The summed E-state index contributed by atoms with van der Waals surface area (Å²) in [5.74, 6) is 0. The minimum Gasteiger partial charge on any atom is -0.423 e. The molecule has 0 spiro atoms. The predicted octanol–water partition coefficient (Wildman–Crippen LogP) is 2.15. The fraction of sp³-hybridized carbons (Fsp3) is 0.417. The summed E-state index contributed by atoms with van der Waals surface area (Å²) in [5.41, 5.74) is 0.646. The average molecular weight is 264 g/mol. The van der Waals surface area contributed by atoms with Gasteiger partial charge in [-0.3, -0.25) is 10.1 Å². The smallest absolute Gasteiger partial charge is 0.298 e. The third-order valence-corrected chi connectivity index (χ3v) is 2.60. The van der Waals surface area contributed by atoms with Crippen molar-refractivity contribution in [1.29, 1.82) is 0 Å². The van der Waals surface area contributed by atoms with Crippen molar-refractivity contribution in [2.75, 3.05) is 25.0 Å². The van der Waals surface area contributed by atoms with Crippen LogP contribution >= 0.6 is 0 Å². The number of benzene rings is 1. The van der Waals surface area contributed by atoms with Crippen molar-refractivity contribution in [3.05, 3.63) is 28.3 Å². The Morgan fingerprint density at radius 1 is 1.37 bits per heavy atom. The van der Waals surface area contributed by atoms with E-state index >= 15 is 0 Å². The van der Waals surface area contributed by atoms with Crippen molar-refractivity contribution >= 4 is 22.8 Å². The zero-order valence-electron chi connectivity index (χ0n) is 10.7. The van der Waals surface area contributed by atoms with Gasteiger partial charge in [0.15, 0.2) is 11.1 Å².